The normalized spacial score (nSPS) is 18.3. The molecule has 39 heavy (non-hydrogen) atoms. The maximum Gasteiger partial charge on any atom is 0.317 e. The van der Waals surface area contributed by atoms with Gasteiger partial charge in [0.05, 0.1) is 6.04 Å². The lowest BCUT2D eigenvalue weighted by atomic mass is 9.88. The molecule has 0 aliphatic carbocycles. The third-order valence-electron chi connectivity index (χ3n) is 8.63. The van der Waals surface area contributed by atoms with E-state index in [0.29, 0.717) is 12.5 Å². The van der Waals surface area contributed by atoms with Gasteiger partial charge in [0.2, 0.25) is 0 Å². The molecule has 1 saturated heterocycles. The van der Waals surface area contributed by atoms with Gasteiger partial charge in [-0.25, -0.2) is 9.18 Å². The fourth-order valence-corrected chi connectivity index (χ4v) is 6.49. The highest BCUT2D eigenvalue weighted by molar-refractivity contribution is 5.83. The van der Waals surface area contributed by atoms with E-state index >= 15 is 0 Å². The van der Waals surface area contributed by atoms with E-state index in [9.17, 15) is 9.18 Å². The van der Waals surface area contributed by atoms with Crippen LogP contribution in [0.5, 0.6) is 0 Å². The summed E-state index contributed by atoms with van der Waals surface area (Å²) in [6.45, 7) is 4.38. The molecule has 6 heteroatoms. The molecule has 1 unspecified atom stereocenters. The zero-order valence-electron chi connectivity index (χ0n) is 22.4. The molecule has 5 nitrogen and oxygen atoms in total. The first-order valence-electron chi connectivity index (χ1n) is 14.3. The van der Waals surface area contributed by atoms with Crippen molar-refractivity contribution in [1.82, 2.24) is 20.1 Å². The number of halogens is 1. The highest BCUT2D eigenvalue weighted by Crippen LogP contribution is 2.35. The van der Waals surface area contributed by atoms with Crippen molar-refractivity contribution in [2.45, 2.75) is 44.1 Å². The highest BCUT2D eigenvalue weighted by Gasteiger charge is 2.31. The molecule has 0 saturated carbocycles. The predicted molar refractivity (Wildman–Crippen MR) is 154 cm³/mol. The third-order valence-corrected chi connectivity index (χ3v) is 8.63. The number of urea groups is 1. The smallest absolute Gasteiger partial charge is 0.317 e. The Balaban J connectivity index is 1.08. The molecular weight excluding hydrogens is 487 g/mol. The number of rotatable bonds is 7. The van der Waals surface area contributed by atoms with Crippen molar-refractivity contribution in [3.63, 3.8) is 0 Å². The number of amides is 2. The Morgan fingerprint density at radius 3 is 2.59 bits per heavy atom. The summed E-state index contributed by atoms with van der Waals surface area (Å²) in [5, 5.41) is 4.20. The first-order chi connectivity index (χ1) is 19.2. The van der Waals surface area contributed by atoms with E-state index in [0.717, 1.165) is 69.2 Å². The van der Waals surface area contributed by atoms with Gasteiger partial charge in [0.15, 0.2) is 0 Å². The Labute approximate surface area is 230 Å². The summed E-state index contributed by atoms with van der Waals surface area (Å²) < 4.78 is 13.9. The minimum atomic E-state index is -0.179. The number of piperidine rings is 1. The van der Waals surface area contributed by atoms with E-state index in [1.54, 1.807) is 6.07 Å². The number of fused-ring (bicyclic) bond motifs is 2. The van der Waals surface area contributed by atoms with Crippen LogP contribution in [0.2, 0.25) is 0 Å². The van der Waals surface area contributed by atoms with E-state index < -0.39 is 0 Å². The molecule has 2 aliphatic rings. The maximum absolute atomic E-state index is 13.9. The van der Waals surface area contributed by atoms with Gasteiger partial charge in [-0.3, -0.25) is 0 Å². The molecule has 0 radical (unpaired) electrons. The van der Waals surface area contributed by atoms with Crippen LogP contribution in [0.4, 0.5) is 9.18 Å². The van der Waals surface area contributed by atoms with Gasteiger partial charge < -0.3 is 20.1 Å². The van der Waals surface area contributed by atoms with Gasteiger partial charge in [-0.2, -0.15) is 0 Å². The van der Waals surface area contributed by atoms with Crippen molar-refractivity contribution in [3.05, 3.63) is 107 Å². The number of benzene rings is 3. The second kappa shape index (κ2) is 11.6. The molecule has 0 spiro atoms. The second-order valence-electron chi connectivity index (χ2n) is 11.0. The molecule has 6 rings (SSSR count). The largest absolute Gasteiger partial charge is 0.361 e. The summed E-state index contributed by atoms with van der Waals surface area (Å²) in [6.07, 6.45) is 6.85. The second-order valence-corrected chi connectivity index (χ2v) is 11.0. The van der Waals surface area contributed by atoms with Gasteiger partial charge in [0.1, 0.15) is 5.82 Å². The number of hydrogen-bond donors (Lipinski definition) is 2. The summed E-state index contributed by atoms with van der Waals surface area (Å²) in [7, 11) is 0. The Morgan fingerprint density at radius 1 is 0.949 bits per heavy atom. The number of hydrogen-bond acceptors (Lipinski definition) is 2. The fourth-order valence-electron chi connectivity index (χ4n) is 6.49. The van der Waals surface area contributed by atoms with Gasteiger partial charge in [-0.05, 0) is 91.6 Å². The molecule has 1 fully saturated rings. The van der Waals surface area contributed by atoms with Crippen LogP contribution in [0.15, 0.2) is 79.0 Å². The number of aromatic nitrogens is 1. The average Bonchev–Trinajstić information content (AvgIpc) is 3.39. The van der Waals surface area contributed by atoms with Crippen molar-refractivity contribution in [2.75, 3.05) is 32.7 Å². The zero-order valence-corrected chi connectivity index (χ0v) is 22.4. The molecule has 1 atom stereocenters. The molecule has 3 heterocycles. The maximum atomic E-state index is 13.9. The summed E-state index contributed by atoms with van der Waals surface area (Å²) in [4.78, 5) is 21.2. The van der Waals surface area contributed by atoms with E-state index in [2.05, 4.69) is 62.7 Å². The van der Waals surface area contributed by atoms with Crippen molar-refractivity contribution < 1.29 is 9.18 Å². The van der Waals surface area contributed by atoms with Crippen molar-refractivity contribution in [3.8, 4) is 0 Å². The van der Waals surface area contributed by atoms with Crippen molar-refractivity contribution >= 4 is 16.9 Å². The number of H-pyrrole nitrogens is 1. The lowest BCUT2D eigenvalue weighted by molar-refractivity contribution is 0.146. The van der Waals surface area contributed by atoms with Crippen molar-refractivity contribution in [1.29, 1.82) is 0 Å². The first kappa shape index (κ1) is 25.6. The molecule has 2 N–H and O–H groups in total. The van der Waals surface area contributed by atoms with Crippen LogP contribution in [0.1, 0.15) is 53.5 Å². The minimum absolute atomic E-state index is 0.0377. The molecular formula is C33H37FN4O. The van der Waals surface area contributed by atoms with Gasteiger partial charge in [-0.1, -0.05) is 54.6 Å². The van der Waals surface area contributed by atoms with Crippen LogP contribution in [-0.2, 0) is 12.8 Å². The third kappa shape index (κ3) is 5.71. The summed E-state index contributed by atoms with van der Waals surface area (Å²) in [5.74, 6) is 0.265. The van der Waals surface area contributed by atoms with Gasteiger partial charge in [0, 0.05) is 36.7 Å². The van der Waals surface area contributed by atoms with E-state index in [1.807, 2.05) is 24.3 Å². The van der Waals surface area contributed by atoms with Crippen LogP contribution in [0, 0.1) is 5.82 Å². The number of carbonyl (C=O) groups excluding carboxylic acids is 1. The Kier molecular flexibility index (Phi) is 7.64. The van der Waals surface area contributed by atoms with Crippen LogP contribution in [-0.4, -0.2) is 53.5 Å². The lowest BCUT2D eigenvalue weighted by Crippen LogP contribution is -2.47. The zero-order chi connectivity index (χ0) is 26.6. The Morgan fingerprint density at radius 2 is 1.74 bits per heavy atom. The summed E-state index contributed by atoms with van der Waals surface area (Å²) in [6, 6.07) is 24.0. The number of carbonyl (C=O) groups is 1. The molecule has 1 aromatic heterocycles. The summed E-state index contributed by atoms with van der Waals surface area (Å²) in [5.41, 5.74) is 6.13. The minimum Gasteiger partial charge on any atom is -0.361 e. The van der Waals surface area contributed by atoms with Crippen molar-refractivity contribution in [2.24, 2.45) is 0 Å². The summed E-state index contributed by atoms with van der Waals surface area (Å²) >= 11 is 0. The van der Waals surface area contributed by atoms with Crippen LogP contribution >= 0.6 is 0 Å². The number of likely N-dealkylation sites (tertiary alicyclic amines) is 1. The van der Waals surface area contributed by atoms with E-state index in [4.69, 9.17) is 0 Å². The molecule has 0 bridgehead atoms. The van der Waals surface area contributed by atoms with Gasteiger partial charge in [-0.15, -0.1) is 0 Å². The number of nitrogens with one attached hydrogen (secondary N) is 2. The topological polar surface area (TPSA) is 51.4 Å². The SMILES string of the molecule is O=C(NCCc1ccccc1)N1CCc2ccccc2C1CCN1CCC(c2c[nH]c3ccc(F)cc23)CC1. The molecule has 2 aliphatic heterocycles. The fraction of sp³-hybridized carbons (Fsp3) is 0.364. The predicted octanol–water partition coefficient (Wildman–Crippen LogP) is 6.43. The number of nitrogens with zero attached hydrogens (tertiary/aromatic N) is 2. The van der Waals surface area contributed by atoms with E-state index in [1.165, 1.54) is 28.3 Å². The highest BCUT2D eigenvalue weighted by atomic mass is 19.1. The quantitative estimate of drug-likeness (QED) is 0.293. The van der Waals surface area contributed by atoms with Gasteiger partial charge >= 0.3 is 6.03 Å². The van der Waals surface area contributed by atoms with Crippen LogP contribution in [0.3, 0.4) is 0 Å². The Bertz CT molecular complexity index is 1410. The standard InChI is InChI=1S/C33H37FN4O/c34-27-10-11-31-29(22-27)30(23-36-31)26-13-18-37(19-14-26)20-16-32-28-9-5-4-8-25(28)15-21-38(32)33(39)35-17-12-24-6-2-1-3-7-24/h1-11,22-23,26,32,36H,12-21H2,(H,35,39). The van der Waals surface area contributed by atoms with Crippen LogP contribution in [0.25, 0.3) is 10.9 Å². The van der Waals surface area contributed by atoms with Crippen LogP contribution < -0.4 is 5.32 Å². The molecule has 4 aromatic rings. The van der Waals surface area contributed by atoms with E-state index in [-0.39, 0.29) is 17.9 Å². The first-order valence-corrected chi connectivity index (χ1v) is 14.3. The lowest BCUT2D eigenvalue weighted by Gasteiger charge is -2.39. The average molecular weight is 525 g/mol. The Hall–Kier alpha value is -3.64. The van der Waals surface area contributed by atoms with Gasteiger partial charge in [0.25, 0.3) is 0 Å². The monoisotopic (exact) mass is 524 g/mol. The molecule has 2 amide bonds. The number of aromatic amines is 1. The molecule has 3 aromatic carbocycles. The molecule has 202 valence electrons.